The molecular weight excluding hydrogens is 246 g/mol. The Morgan fingerprint density at radius 3 is 2.84 bits per heavy atom. The molecule has 1 aromatic rings. The summed E-state index contributed by atoms with van der Waals surface area (Å²) >= 11 is 0. The van der Waals surface area contributed by atoms with E-state index in [1.807, 2.05) is 4.90 Å². The standard InChI is InChI=1S/C14H19NO4/c1-2-11-6-4-3-5-7-15(11)13(16)12-8-10(9-19-12)14(17)18/h8-9,11H,2-7H2,1H3,(H,17,18). The normalized spacial score (nSPS) is 20.1. The molecule has 2 rings (SSSR count). The van der Waals surface area contributed by atoms with Crippen molar-refractivity contribution in [2.24, 2.45) is 0 Å². The fourth-order valence-corrected chi connectivity index (χ4v) is 2.57. The van der Waals surface area contributed by atoms with Crippen LogP contribution in [0.15, 0.2) is 16.7 Å². The van der Waals surface area contributed by atoms with Crippen LogP contribution in [0.4, 0.5) is 0 Å². The number of carbonyl (C=O) groups excluding carboxylic acids is 1. The minimum atomic E-state index is -1.08. The summed E-state index contributed by atoms with van der Waals surface area (Å²) in [4.78, 5) is 25.0. The maximum Gasteiger partial charge on any atom is 0.338 e. The van der Waals surface area contributed by atoms with Crippen LogP contribution >= 0.6 is 0 Å². The first kappa shape index (κ1) is 13.6. The third kappa shape index (κ3) is 2.97. The first-order valence-corrected chi connectivity index (χ1v) is 6.76. The van der Waals surface area contributed by atoms with E-state index in [9.17, 15) is 9.59 Å². The lowest BCUT2D eigenvalue weighted by atomic mass is 10.1. The van der Waals surface area contributed by atoms with Gasteiger partial charge in [-0.25, -0.2) is 4.79 Å². The van der Waals surface area contributed by atoms with Gasteiger partial charge in [-0.15, -0.1) is 0 Å². The van der Waals surface area contributed by atoms with Crippen LogP contribution in [0.3, 0.4) is 0 Å². The molecule has 1 aliphatic rings. The SMILES string of the molecule is CCC1CCCCCN1C(=O)c1cc(C(=O)O)co1. The summed E-state index contributed by atoms with van der Waals surface area (Å²) in [6, 6.07) is 1.54. The van der Waals surface area contributed by atoms with Crippen molar-refractivity contribution >= 4 is 11.9 Å². The van der Waals surface area contributed by atoms with E-state index < -0.39 is 5.97 Å². The average Bonchev–Trinajstić information content (AvgIpc) is 2.77. The minimum Gasteiger partial charge on any atom is -0.478 e. The Bertz CT molecular complexity index is 466. The summed E-state index contributed by atoms with van der Waals surface area (Å²) in [6.07, 6.45) is 6.32. The molecule has 5 heteroatoms. The highest BCUT2D eigenvalue weighted by atomic mass is 16.4. The van der Waals surface area contributed by atoms with Crippen LogP contribution in [0.5, 0.6) is 0 Å². The van der Waals surface area contributed by atoms with Crippen molar-refractivity contribution < 1.29 is 19.1 Å². The summed E-state index contributed by atoms with van der Waals surface area (Å²) in [5.74, 6) is -1.15. The van der Waals surface area contributed by atoms with E-state index in [2.05, 4.69) is 6.92 Å². The monoisotopic (exact) mass is 265 g/mol. The minimum absolute atomic E-state index is 0.0196. The molecule has 19 heavy (non-hydrogen) atoms. The maximum absolute atomic E-state index is 12.4. The number of carboxylic acids is 1. The van der Waals surface area contributed by atoms with Gasteiger partial charge in [0.25, 0.3) is 5.91 Å². The number of hydrogen-bond acceptors (Lipinski definition) is 3. The molecule has 1 fully saturated rings. The molecule has 0 radical (unpaired) electrons. The Hall–Kier alpha value is -1.78. The quantitative estimate of drug-likeness (QED) is 0.912. The zero-order chi connectivity index (χ0) is 13.8. The molecule has 0 bridgehead atoms. The van der Waals surface area contributed by atoms with Crippen molar-refractivity contribution in [3.8, 4) is 0 Å². The maximum atomic E-state index is 12.4. The molecule has 1 amide bonds. The first-order chi connectivity index (χ1) is 9.13. The largest absolute Gasteiger partial charge is 0.478 e. The lowest BCUT2D eigenvalue weighted by Gasteiger charge is -2.28. The van der Waals surface area contributed by atoms with Crippen LogP contribution in [0.2, 0.25) is 0 Å². The molecule has 0 aliphatic carbocycles. The van der Waals surface area contributed by atoms with Gasteiger partial charge >= 0.3 is 5.97 Å². The lowest BCUT2D eigenvalue weighted by Crippen LogP contribution is -2.39. The van der Waals surface area contributed by atoms with Gasteiger partial charge in [0, 0.05) is 18.7 Å². The summed E-state index contributed by atoms with van der Waals surface area (Å²) in [6.45, 7) is 2.79. The highest BCUT2D eigenvalue weighted by Gasteiger charge is 2.27. The van der Waals surface area contributed by atoms with E-state index in [1.54, 1.807) is 0 Å². The van der Waals surface area contributed by atoms with Crippen molar-refractivity contribution in [1.29, 1.82) is 0 Å². The Labute approximate surface area is 112 Å². The number of amides is 1. The van der Waals surface area contributed by atoms with Gasteiger partial charge in [-0.3, -0.25) is 4.79 Å². The van der Waals surface area contributed by atoms with Gasteiger partial charge in [0.1, 0.15) is 6.26 Å². The van der Waals surface area contributed by atoms with Crippen molar-refractivity contribution in [2.45, 2.75) is 45.1 Å². The fraction of sp³-hybridized carbons (Fsp3) is 0.571. The van der Waals surface area contributed by atoms with Crippen molar-refractivity contribution in [3.05, 3.63) is 23.7 Å². The summed E-state index contributed by atoms with van der Waals surface area (Å²) in [5.41, 5.74) is 0.0196. The fourth-order valence-electron chi connectivity index (χ4n) is 2.57. The number of hydrogen-bond donors (Lipinski definition) is 1. The molecule has 5 nitrogen and oxygen atoms in total. The topological polar surface area (TPSA) is 70.8 Å². The van der Waals surface area contributed by atoms with Gasteiger partial charge < -0.3 is 14.4 Å². The van der Waals surface area contributed by atoms with Crippen LogP contribution in [0.1, 0.15) is 59.9 Å². The van der Waals surface area contributed by atoms with Gasteiger partial charge in [0.05, 0.1) is 5.56 Å². The molecule has 1 aliphatic heterocycles. The molecule has 1 saturated heterocycles. The summed E-state index contributed by atoms with van der Waals surface area (Å²) < 4.78 is 5.10. The van der Waals surface area contributed by atoms with Gasteiger partial charge in [-0.05, 0) is 19.3 Å². The molecule has 0 aromatic carbocycles. The second-order valence-corrected chi connectivity index (χ2v) is 4.91. The van der Waals surface area contributed by atoms with Gasteiger partial charge in [-0.1, -0.05) is 19.8 Å². The number of carbonyl (C=O) groups is 2. The van der Waals surface area contributed by atoms with E-state index >= 15 is 0 Å². The van der Waals surface area contributed by atoms with Crippen LogP contribution in [0.25, 0.3) is 0 Å². The zero-order valence-electron chi connectivity index (χ0n) is 11.1. The van der Waals surface area contributed by atoms with Crippen LogP contribution < -0.4 is 0 Å². The molecule has 1 aromatic heterocycles. The second-order valence-electron chi connectivity index (χ2n) is 4.91. The highest BCUT2D eigenvalue weighted by molar-refractivity contribution is 5.95. The smallest absolute Gasteiger partial charge is 0.338 e. The third-order valence-corrected chi connectivity index (χ3v) is 3.67. The first-order valence-electron chi connectivity index (χ1n) is 6.76. The molecule has 0 saturated carbocycles. The zero-order valence-corrected chi connectivity index (χ0v) is 11.1. The molecule has 1 N–H and O–H groups in total. The van der Waals surface area contributed by atoms with E-state index in [0.29, 0.717) is 0 Å². The highest BCUT2D eigenvalue weighted by Crippen LogP contribution is 2.22. The summed E-state index contributed by atoms with van der Waals surface area (Å²) in [5, 5.41) is 8.85. The van der Waals surface area contributed by atoms with E-state index in [0.717, 1.165) is 44.9 Å². The Kier molecular flexibility index (Phi) is 4.24. The molecule has 104 valence electrons. The predicted octanol–water partition coefficient (Wildman–Crippen LogP) is 2.77. The van der Waals surface area contributed by atoms with Gasteiger partial charge in [0.15, 0.2) is 5.76 Å². The molecular formula is C14H19NO4. The third-order valence-electron chi connectivity index (χ3n) is 3.67. The number of rotatable bonds is 3. The lowest BCUT2D eigenvalue weighted by molar-refractivity contribution is 0.0644. The van der Waals surface area contributed by atoms with Crippen molar-refractivity contribution in [2.75, 3.05) is 6.54 Å². The van der Waals surface area contributed by atoms with Crippen molar-refractivity contribution in [3.63, 3.8) is 0 Å². The molecule has 1 atom stereocenters. The number of nitrogens with zero attached hydrogens (tertiary/aromatic N) is 1. The Morgan fingerprint density at radius 1 is 1.42 bits per heavy atom. The Balaban J connectivity index is 2.17. The van der Waals surface area contributed by atoms with Crippen LogP contribution in [-0.4, -0.2) is 34.5 Å². The number of furan rings is 1. The number of aromatic carboxylic acids is 1. The van der Waals surface area contributed by atoms with E-state index in [1.165, 1.54) is 6.07 Å². The van der Waals surface area contributed by atoms with Crippen LogP contribution in [-0.2, 0) is 0 Å². The predicted molar refractivity (Wildman–Crippen MR) is 69.3 cm³/mol. The van der Waals surface area contributed by atoms with E-state index in [4.69, 9.17) is 9.52 Å². The van der Waals surface area contributed by atoms with E-state index in [-0.39, 0.29) is 23.3 Å². The molecule has 1 unspecified atom stereocenters. The average molecular weight is 265 g/mol. The Morgan fingerprint density at radius 2 is 2.21 bits per heavy atom. The second kappa shape index (κ2) is 5.91. The van der Waals surface area contributed by atoms with Gasteiger partial charge in [-0.2, -0.15) is 0 Å². The van der Waals surface area contributed by atoms with Crippen LogP contribution in [0, 0.1) is 0 Å². The molecule has 2 heterocycles. The molecule has 0 spiro atoms. The number of likely N-dealkylation sites (tertiary alicyclic amines) is 1. The van der Waals surface area contributed by atoms with Crippen molar-refractivity contribution in [1.82, 2.24) is 4.90 Å². The van der Waals surface area contributed by atoms with Gasteiger partial charge in [0.2, 0.25) is 0 Å². The summed E-state index contributed by atoms with van der Waals surface area (Å²) in [7, 11) is 0. The number of carboxylic acid groups (broad SMARTS) is 1.